The minimum absolute atomic E-state index is 0.244. The van der Waals surface area contributed by atoms with Gasteiger partial charge in [0.1, 0.15) is 6.04 Å². The molecule has 0 saturated carbocycles. The third-order valence-corrected chi connectivity index (χ3v) is 1.74. The molecule has 0 spiro atoms. The van der Waals surface area contributed by atoms with Crippen molar-refractivity contribution in [3.8, 4) is 0 Å². The first-order valence-corrected chi connectivity index (χ1v) is 3.84. The summed E-state index contributed by atoms with van der Waals surface area (Å²) in [5.41, 5.74) is 0.984. The molecule has 0 bridgehead atoms. The Hall–Kier alpha value is -1.15. The maximum Gasteiger partial charge on any atom is 0.221 e. The molecule has 0 aliphatic rings. The Morgan fingerprint density at radius 2 is 1.83 bits per heavy atom. The fraction of sp³-hybridized carbons (Fsp3) is 0.300. The smallest absolute Gasteiger partial charge is 0.221 e. The largest absolute Gasteiger partial charge is 0.296 e. The van der Waals surface area contributed by atoms with Crippen molar-refractivity contribution < 1.29 is 4.79 Å². The van der Waals surface area contributed by atoms with Gasteiger partial charge in [0.2, 0.25) is 6.29 Å². The van der Waals surface area contributed by atoms with Gasteiger partial charge in [-0.1, -0.05) is 30.3 Å². The van der Waals surface area contributed by atoms with Gasteiger partial charge in [0.25, 0.3) is 0 Å². The van der Waals surface area contributed by atoms with Crippen LogP contribution in [0.3, 0.4) is 0 Å². The first kappa shape index (κ1) is 8.94. The highest BCUT2D eigenvalue weighted by atomic mass is 16.1. The van der Waals surface area contributed by atoms with Crippen LogP contribution in [-0.4, -0.2) is 25.3 Å². The van der Waals surface area contributed by atoms with E-state index in [1.165, 1.54) is 0 Å². The van der Waals surface area contributed by atoms with Crippen molar-refractivity contribution in [3.05, 3.63) is 35.9 Å². The molecule has 2 nitrogen and oxygen atoms in total. The van der Waals surface area contributed by atoms with Crippen LogP contribution in [0, 0.1) is 0 Å². The van der Waals surface area contributed by atoms with Crippen LogP contribution in [0.2, 0.25) is 0 Å². The Labute approximate surface area is 72.8 Å². The number of rotatable bonds is 3. The zero-order valence-corrected chi connectivity index (χ0v) is 7.32. The van der Waals surface area contributed by atoms with Gasteiger partial charge < -0.3 is 0 Å². The van der Waals surface area contributed by atoms with Crippen LogP contribution < -0.4 is 0 Å². The van der Waals surface area contributed by atoms with Gasteiger partial charge >= 0.3 is 0 Å². The van der Waals surface area contributed by atoms with Crippen LogP contribution in [-0.2, 0) is 4.79 Å². The van der Waals surface area contributed by atoms with E-state index in [1.807, 2.05) is 55.6 Å². The summed E-state index contributed by atoms with van der Waals surface area (Å²) < 4.78 is 0. The molecular weight excluding hydrogens is 150 g/mol. The highest BCUT2D eigenvalue weighted by molar-refractivity contribution is 5.62. The second-order valence-electron chi connectivity index (χ2n) is 2.89. The Morgan fingerprint density at radius 1 is 1.25 bits per heavy atom. The van der Waals surface area contributed by atoms with Crippen molar-refractivity contribution in [2.45, 2.75) is 6.04 Å². The molecule has 1 atom stereocenters. The molecule has 1 aromatic rings. The van der Waals surface area contributed by atoms with Gasteiger partial charge in [-0.15, -0.1) is 0 Å². The van der Waals surface area contributed by atoms with E-state index in [0.29, 0.717) is 0 Å². The number of likely N-dealkylation sites (N-methyl/N-ethyl adjacent to an activating group) is 1. The first-order chi connectivity index (χ1) is 5.75. The third-order valence-electron chi connectivity index (χ3n) is 1.74. The number of nitrogens with zero attached hydrogens (tertiary/aromatic N) is 1. The summed E-state index contributed by atoms with van der Waals surface area (Å²) >= 11 is 0. The van der Waals surface area contributed by atoms with E-state index in [0.717, 1.165) is 5.56 Å². The second kappa shape index (κ2) is 4.02. The van der Waals surface area contributed by atoms with Gasteiger partial charge in [0, 0.05) is 0 Å². The van der Waals surface area contributed by atoms with Gasteiger partial charge in [-0.25, -0.2) is 0 Å². The van der Waals surface area contributed by atoms with E-state index < -0.39 is 0 Å². The summed E-state index contributed by atoms with van der Waals surface area (Å²) in [4.78, 5) is 12.4. The standard InChI is InChI=1S/C10H12NO/c1-11(2)10(8-12)9-6-4-3-5-7-9/h3-7,10H,1-2H3. The topological polar surface area (TPSA) is 20.3 Å². The quantitative estimate of drug-likeness (QED) is 0.669. The van der Waals surface area contributed by atoms with E-state index in [9.17, 15) is 4.79 Å². The molecule has 1 rings (SSSR count). The molecule has 1 aromatic carbocycles. The zero-order chi connectivity index (χ0) is 8.97. The molecule has 12 heavy (non-hydrogen) atoms. The van der Waals surface area contributed by atoms with Crippen LogP contribution in [0.25, 0.3) is 0 Å². The second-order valence-corrected chi connectivity index (χ2v) is 2.89. The lowest BCUT2D eigenvalue weighted by molar-refractivity contribution is 0.355. The molecule has 0 amide bonds. The summed E-state index contributed by atoms with van der Waals surface area (Å²) in [5.74, 6) is 0. The third kappa shape index (κ3) is 1.92. The number of hydrogen-bond donors (Lipinski definition) is 0. The van der Waals surface area contributed by atoms with E-state index in [4.69, 9.17) is 0 Å². The first-order valence-electron chi connectivity index (χ1n) is 3.84. The maximum absolute atomic E-state index is 10.6. The lowest BCUT2D eigenvalue weighted by Gasteiger charge is -2.17. The molecule has 0 saturated heterocycles. The van der Waals surface area contributed by atoms with E-state index in [2.05, 4.69) is 0 Å². The Morgan fingerprint density at radius 3 is 2.25 bits per heavy atom. The molecule has 0 fully saturated rings. The molecule has 0 N–H and O–H groups in total. The fourth-order valence-corrected chi connectivity index (χ4v) is 1.11. The maximum atomic E-state index is 10.6. The normalized spacial score (nSPS) is 12.9. The summed E-state index contributed by atoms with van der Waals surface area (Å²) in [7, 11) is 3.73. The van der Waals surface area contributed by atoms with E-state index in [-0.39, 0.29) is 6.04 Å². The number of carbonyl (C=O) groups excluding carboxylic acids is 1. The molecule has 1 unspecified atom stereocenters. The van der Waals surface area contributed by atoms with Gasteiger partial charge in [-0.2, -0.15) is 0 Å². The lowest BCUT2D eigenvalue weighted by Crippen LogP contribution is -2.20. The lowest BCUT2D eigenvalue weighted by atomic mass is 10.1. The minimum Gasteiger partial charge on any atom is -0.296 e. The van der Waals surface area contributed by atoms with Gasteiger partial charge in [-0.05, 0) is 19.7 Å². The number of hydrogen-bond acceptors (Lipinski definition) is 2. The Bertz CT molecular complexity index is 243. The highest BCUT2D eigenvalue weighted by Gasteiger charge is 2.12. The monoisotopic (exact) mass is 162 g/mol. The predicted molar refractivity (Wildman–Crippen MR) is 48.6 cm³/mol. The number of benzene rings is 1. The highest BCUT2D eigenvalue weighted by Crippen LogP contribution is 2.14. The van der Waals surface area contributed by atoms with Crippen LogP contribution in [0.5, 0.6) is 0 Å². The van der Waals surface area contributed by atoms with Gasteiger partial charge in [0.05, 0.1) is 0 Å². The molecule has 2 heteroatoms. The average molecular weight is 162 g/mol. The van der Waals surface area contributed by atoms with Crippen molar-refractivity contribution in [3.63, 3.8) is 0 Å². The Balaban J connectivity index is 2.88. The molecule has 0 aliphatic carbocycles. The molecule has 63 valence electrons. The van der Waals surface area contributed by atoms with Crippen LogP contribution in [0.1, 0.15) is 11.6 Å². The van der Waals surface area contributed by atoms with E-state index >= 15 is 0 Å². The van der Waals surface area contributed by atoms with Crippen molar-refractivity contribution in [1.82, 2.24) is 4.90 Å². The van der Waals surface area contributed by atoms with Crippen LogP contribution in [0.15, 0.2) is 30.3 Å². The zero-order valence-electron chi connectivity index (χ0n) is 7.32. The van der Waals surface area contributed by atoms with Crippen LogP contribution in [0.4, 0.5) is 0 Å². The average Bonchev–Trinajstić information content (AvgIpc) is 2.07. The van der Waals surface area contributed by atoms with Crippen LogP contribution >= 0.6 is 0 Å². The molecule has 0 heterocycles. The van der Waals surface area contributed by atoms with E-state index in [1.54, 1.807) is 0 Å². The van der Waals surface area contributed by atoms with Gasteiger partial charge in [-0.3, -0.25) is 9.69 Å². The van der Waals surface area contributed by atoms with Crippen molar-refractivity contribution in [2.75, 3.05) is 14.1 Å². The molecule has 0 aromatic heterocycles. The molecule has 0 aliphatic heterocycles. The summed E-state index contributed by atoms with van der Waals surface area (Å²) in [6.07, 6.45) is 1.99. The van der Waals surface area contributed by atoms with Crippen molar-refractivity contribution in [2.24, 2.45) is 0 Å². The van der Waals surface area contributed by atoms with Crippen molar-refractivity contribution in [1.29, 1.82) is 0 Å². The molecule has 1 radical (unpaired) electrons. The predicted octanol–water partition coefficient (Wildman–Crippen LogP) is 1.40. The summed E-state index contributed by atoms with van der Waals surface area (Å²) in [5, 5.41) is 0. The SMILES string of the molecule is CN(C)C([C]=O)c1ccccc1. The minimum atomic E-state index is -0.244. The Kier molecular flexibility index (Phi) is 3.00. The summed E-state index contributed by atoms with van der Waals surface area (Å²) in [6, 6.07) is 9.38. The van der Waals surface area contributed by atoms with Crippen molar-refractivity contribution >= 4 is 6.29 Å². The molecular formula is C10H12NO. The van der Waals surface area contributed by atoms with Gasteiger partial charge in [0.15, 0.2) is 0 Å². The fourth-order valence-electron chi connectivity index (χ4n) is 1.11. The summed E-state index contributed by atoms with van der Waals surface area (Å²) in [6.45, 7) is 0.